The summed E-state index contributed by atoms with van der Waals surface area (Å²) < 4.78 is 2.40. The Labute approximate surface area is 110 Å². The Balaban J connectivity index is 1.74. The molecule has 0 amide bonds. The zero-order valence-electron chi connectivity index (χ0n) is 11.7. The first-order chi connectivity index (χ1) is 8.66. The number of nitrogens with one attached hydrogen (secondary N) is 1. The molecular weight excluding hydrogens is 222 g/mol. The third-order valence-electron chi connectivity index (χ3n) is 4.83. The number of imidazole rings is 1. The average Bonchev–Trinajstić information content (AvgIpc) is 2.75. The van der Waals surface area contributed by atoms with Crippen LogP contribution in [-0.4, -0.2) is 15.6 Å². The molecule has 1 saturated carbocycles. The molecule has 1 aromatic rings. The predicted molar refractivity (Wildman–Crippen MR) is 73.4 cm³/mol. The zero-order chi connectivity index (χ0) is 12.6. The predicted octanol–water partition coefficient (Wildman–Crippen LogP) is 3.28. The standard InChI is InChI=1S/C15H25N3/c1-12-5-3-6-13(17-12)14-9-16-11-18(14)10-15(2)7-4-8-15/h9,11-13,17H,3-8,10H2,1-2H3. The Morgan fingerprint density at radius 2 is 2.22 bits per heavy atom. The summed E-state index contributed by atoms with van der Waals surface area (Å²) in [5.41, 5.74) is 1.92. The van der Waals surface area contributed by atoms with Crippen LogP contribution in [0.5, 0.6) is 0 Å². The number of hydrogen-bond acceptors (Lipinski definition) is 2. The fourth-order valence-corrected chi connectivity index (χ4v) is 3.47. The second-order valence-corrected chi connectivity index (χ2v) is 6.66. The average molecular weight is 247 g/mol. The summed E-state index contributed by atoms with van der Waals surface area (Å²) in [6.45, 7) is 5.85. The SMILES string of the molecule is CC1CCCC(c2cncn2CC2(C)CCC2)N1. The van der Waals surface area contributed by atoms with Crippen LogP contribution in [0.1, 0.15) is 64.1 Å². The van der Waals surface area contributed by atoms with Gasteiger partial charge in [0.1, 0.15) is 0 Å². The van der Waals surface area contributed by atoms with Gasteiger partial charge in [0.25, 0.3) is 0 Å². The number of aromatic nitrogens is 2. The Bertz CT molecular complexity index is 406. The van der Waals surface area contributed by atoms with E-state index in [4.69, 9.17) is 0 Å². The van der Waals surface area contributed by atoms with E-state index in [9.17, 15) is 0 Å². The molecule has 1 aliphatic carbocycles. The molecule has 0 aromatic carbocycles. The highest BCUT2D eigenvalue weighted by molar-refractivity contribution is 5.08. The van der Waals surface area contributed by atoms with Gasteiger partial charge in [0.2, 0.25) is 0 Å². The first-order valence-electron chi connectivity index (χ1n) is 7.42. The second kappa shape index (κ2) is 4.69. The van der Waals surface area contributed by atoms with Crippen LogP contribution in [0.15, 0.2) is 12.5 Å². The maximum Gasteiger partial charge on any atom is 0.0948 e. The molecular formula is C15H25N3. The molecule has 100 valence electrons. The molecule has 2 fully saturated rings. The lowest BCUT2D eigenvalue weighted by atomic mass is 9.70. The lowest BCUT2D eigenvalue weighted by molar-refractivity contribution is 0.129. The van der Waals surface area contributed by atoms with E-state index >= 15 is 0 Å². The summed E-state index contributed by atoms with van der Waals surface area (Å²) in [5.74, 6) is 0. The molecule has 3 nitrogen and oxygen atoms in total. The summed E-state index contributed by atoms with van der Waals surface area (Å²) in [5, 5.41) is 3.72. The van der Waals surface area contributed by atoms with Gasteiger partial charge in [0, 0.05) is 24.8 Å². The molecule has 2 atom stereocenters. The van der Waals surface area contributed by atoms with Gasteiger partial charge in [-0.2, -0.15) is 0 Å². The van der Waals surface area contributed by atoms with E-state index in [0.29, 0.717) is 17.5 Å². The molecule has 3 rings (SSSR count). The van der Waals surface area contributed by atoms with E-state index in [1.165, 1.54) is 44.2 Å². The minimum Gasteiger partial charge on any atom is -0.333 e. The van der Waals surface area contributed by atoms with E-state index in [1.807, 2.05) is 6.33 Å². The Kier molecular flexibility index (Phi) is 3.18. The van der Waals surface area contributed by atoms with Crippen LogP contribution in [0.3, 0.4) is 0 Å². The van der Waals surface area contributed by atoms with E-state index in [2.05, 4.69) is 34.9 Å². The van der Waals surface area contributed by atoms with Crippen LogP contribution in [0.4, 0.5) is 0 Å². The largest absolute Gasteiger partial charge is 0.333 e. The smallest absolute Gasteiger partial charge is 0.0948 e. The van der Waals surface area contributed by atoms with Gasteiger partial charge in [0.05, 0.1) is 12.0 Å². The molecule has 0 spiro atoms. The van der Waals surface area contributed by atoms with Gasteiger partial charge in [0.15, 0.2) is 0 Å². The minimum absolute atomic E-state index is 0.514. The number of piperidine rings is 1. The van der Waals surface area contributed by atoms with Crippen LogP contribution < -0.4 is 5.32 Å². The fourth-order valence-electron chi connectivity index (χ4n) is 3.47. The van der Waals surface area contributed by atoms with Crippen LogP contribution in [0, 0.1) is 5.41 Å². The molecule has 2 unspecified atom stereocenters. The van der Waals surface area contributed by atoms with Crippen LogP contribution >= 0.6 is 0 Å². The van der Waals surface area contributed by atoms with Crippen molar-refractivity contribution in [2.75, 3.05) is 0 Å². The van der Waals surface area contributed by atoms with Crippen molar-refractivity contribution < 1.29 is 0 Å². The van der Waals surface area contributed by atoms with Crippen LogP contribution in [-0.2, 0) is 6.54 Å². The zero-order valence-corrected chi connectivity index (χ0v) is 11.7. The van der Waals surface area contributed by atoms with Gasteiger partial charge >= 0.3 is 0 Å². The topological polar surface area (TPSA) is 29.9 Å². The van der Waals surface area contributed by atoms with Gasteiger partial charge in [-0.05, 0) is 44.4 Å². The molecule has 2 aliphatic rings. The second-order valence-electron chi connectivity index (χ2n) is 6.66. The molecule has 0 bridgehead atoms. The van der Waals surface area contributed by atoms with Crippen LogP contribution in [0.25, 0.3) is 0 Å². The Hall–Kier alpha value is -0.830. The number of nitrogens with zero attached hydrogens (tertiary/aromatic N) is 2. The summed E-state index contributed by atoms with van der Waals surface area (Å²) in [6.07, 6.45) is 12.1. The summed E-state index contributed by atoms with van der Waals surface area (Å²) >= 11 is 0. The van der Waals surface area contributed by atoms with Crippen molar-refractivity contribution in [3.63, 3.8) is 0 Å². The van der Waals surface area contributed by atoms with Crippen molar-refractivity contribution in [2.24, 2.45) is 5.41 Å². The third kappa shape index (κ3) is 2.33. The lowest BCUT2D eigenvalue weighted by Crippen LogP contribution is -2.37. The Morgan fingerprint density at radius 1 is 1.39 bits per heavy atom. The molecule has 1 saturated heterocycles. The highest BCUT2D eigenvalue weighted by Gasteiger charge is 2.33. The summed E-state index contributed by atoms with van der Waals surface area (Å²) in [7, 11) is 0. The highest BCUT2D eigenvalue weighted by atomic mass is 15.1. The molecule has 2 heterocycles. The first-order valence-corrected chi connectivity index (χ1v) is 7.42. The highest BCUT2D eigenvalue weighted by Crippen LogP contribution is 2.42. The monoisotopic (exact) mass is 247 g/mol. The van der Waals surface area contributed by atoms with Gasteiger partial charge in [-0.15, -0.1) is 0 Å². The molecule has 3 heteroatoms. The number of hydrogen-bond donors (Lipinski definition) is 1. The third-order valence-corrected chi connectivity index (χ3v) is 4.83. The molecule has 1 aromatic heterocycles. The molecule has 1 N–H and O–H groups in total. The van der Waals surface area contributed by atoms with E-state index in [0.717, 1.165) is 6.54 Å². The van der Waals surface area contributed by atoms with Crippen molar-refractivity contribution in [1.82, 2.24) is 14.9 Å². The van der Waals surface area contributed by atoms with Crippen molar-refractivity contribution >= 4 is 0 Å². The van der Waals surface area contributed by atoms with E-state index in [-0.39, 0.29) is 0 Å². The van der Waals surface area contributed by atoms with E-state index in [1.54, 1.807) is 0 Å². The first kappa shape index (κ1) is 12.2. The summed E-state index contributed by atoms with van der Waals surface area (Å²) in [6, 6.07) is 1.16. The van der Waals surface area contributed by atoms with Gasteiger partial charge < -0.3 is 9.88 Å². The van der Waals surface area contributed by atoms with Gasteiger partial charge in [-0.25, -0.2) is 4.98 Å². The minimum atomic E-state index is 0.514. The maximum atomic E-state index is 4.39. The number of rotatable bonds is 3. The lowest BCUT2D eigenvalue weighted by Gasteiger charge is -2.39. The molecule has 1 aliphatic heterocycles. The van der Waals surface area contributed by atoms with Crippen molar-refractivity contribution in [1.29, 1.82) is 0 Å². The molecule has 0 radical (unpaired) electrons. The fraction of sp³-hybridized carbons (Fsp3) is 0.800. The van der Waals surface area contributed by atoms with E-state index < -0.39 is 0 Å². The maximum absolute atomic E-state index is 4.39. The molecule has 18 heavy (non-hydrogen) atoms. The summed E-state index contributed by atoms with van der Waals surface area (Å²) in [4.78, 5) is 4.39. The normalized spacial score (nSPS) is 31.0. The van der Waals surface area contributed by atoms with Crippen molar-refractivity contribution in [2.45, 2.75) is 71.0 Å². The van der Waals surface area contributed by atoms with Gasteiger partial charge in [-0.3, -0.25) is 0 Å². The quantitative estimate of drug-likeness (QED) is 0.888. The van der Waals surface area contributed by atoms with Crippen molar-refractivity contribution in [3.05, 3.63) is 18.2 Å². The van der Waals surface area contributed by atoms with Crippen molar-refractivity contribution in [3.8, 4) is 0 Å². The van der Waals surface area contributed by atoms with Gasteiger partial charge in [-0.1, -0.05) is 13.3 Å². The Morgan fingerprint density at radius 3 is 2.89 bits per heavy atom. The van der Waals surface area contributed by atoms with Crippen LogP contribution in [0.2, 0.25) is 0 Å².